The Bertz CT molecular complexity index is 2060. The highest BCUT2D eigenvalue weighted by molar-refractivity contribution is 6.31. The van der Waals surface area contributed by atoms with E-state index >= 15 is 0 Å². The van der Waals surface area contributed by atoms with Gasteiger partial charge >= 0.3 is 0 Å². The van der Waals surface area contributed by atoms with E-state index in [1.54, 1.807) is 18.0 Å². The maximum atomic E-state index is 14.7. The van der Waals surface area contributed by atoms with Crippen LogP contribution in [0.5, 0.6) is 0 Å². The number of likely N-dealkylation sites (tertiary alicyclic amines) is 1. The zero-order chi connectivity index (χ0) is 37.6. The van der Waals surface area contributed by atoms with Crippen molar-refractivity contribution in [2.45, 2.75) is 56.7 Å². The van der Waals surface area contributed by atoms with Crippen molar-refractivity contribution in [2.75, 3.05) is 33.2 Å². The first-order valence-electron chi connectivity index (χ1n) is 18.6. The lowest BCUT2D eigenvalue weighted by Crippen LogP contribution is -2.61. The molecule has 2 aliphatic rings. The van der Waals surface area contributed by atoms with Crippen LogP contribution in [0.15, 0.2) is 115 Å². The average Bonchev–Trinajstić information content (AvgIpc) is 3.79. The smallest absolute Gasteiger partial charge is 0.245 e. The molecule has 4 atom stereocenters. The SMILES string of the molecule is CN(Cc1ccccc1Cl)C(=O)C(Cc1c[nH]c2ccccc12)NC(=O)C1CC(O)CN1C(=O)C1CN(Cc2ccccc2)CCN1Cc1ccccc1. The third-order valence-corrected chi connectivity index (χ3v) is 11.0. The van der Waals surface area contributed by atoms with Crippen LogP contribution in [-0.2, 0) is 40.4 Å². The highest BCUT2D eigenvalue weighted by atomic mass is 35.5. The Kier molecular flexibility index (Phi) is 11.7. The van der Waals surface area contributed by atoms with Crippen LogP contribution < -0.4 is 5.32 Å². The molecule has 0 aliphatic carbocycles. The summed E-state index contributed by atoms with van der Waals surface area (Å²) >= 11 is 6.45. The van der Waals surface area contributed by atoms with E-state index in [2.05, 4.69) is 44.4 Å². The number of H-pyrrole nitrogens is 1. The topological polar surface area (TPSA) is 112 Å². The molecule has 2 aliphatic heterocycles. The van der Waals surface area contributed by atoms with Crippen LogP contribution in [0.1, 0.15) is 28.7 Å². The van der Waals surface area contributed by atoms with Gasteiger partial charge in [0.1, 0.15) is 18.1 Å². The number of halogens is 1. The minimum Gasteiger partial charge on any atom is -0.391 e. The molecule has 2 fully saturated rings. The average molecular weight is 747 g/mol. The maximum absolute atomic E-state index is 14.7. The highest BCUT2D eigenvalue weighted by Crippen LogP contribution is 2.26. The summed E-state index contributed by atoms with van der Waals surface area (Å²) in [6.45, 7) is 3.53. The normalized spacial score (nSPS) is 19.8. The summed E-state index contributed by atoms with van der Waals surface area (Å²) in [5.74, 6) is -0.950. The van der Waals surface area contributed by atoms with Crippen LogP contribution in [0.25, 0.3) is 10.9 Å². The number of amides is 3. The predicted octanol–water partition coefficient (Wildman–Crippen LogP) is 4.86. The summed E-state index contributed by atoms with van der Waals surface area (Å²) in [5.41, 5.74) is 4.87. The van der Waals surface area contributed by atoms with Crippen molar-refractivity contribution in [3.05, 3.63) is 143 Å². The number of benzene rings is 4. The van der Waals surface area contributed by atoms with Gasteiger partial charge in [-0.1, -0.05) is 109 Å². The van der Waals surface area contributed by atoms with E-state index in [-0.39, 0.29) is 37.7 Å². The van der Waals surface area contributed by atoms with Gasteiger partial charge in [-0.25, -0.2) is 0 Å². The summed E-state index contributed by atoms with van der Waals surface area (Å²) in [6.07, 6.45) is 1.31. The third-order valence-electron chi connectivity index (χ3n) is 10.7. The van der Waals surface area contributed by atoms with Crippen LogP contribution in [-0.4, -0.2) is 105 Å². The number of rotatable bonds is 12. The fourth-order valence-corrected chi connectivity index (χ4v) is 8.01. The van der Waals surface area contributed by atoms with Gasteiger partial charge in [0.05, 0.1) is 6.10 Å². The third kappa shape index (κ3) is 8.69. The second-order valence-corrected chi connectivity index (χ2v) is 14.9. The van der Waals surface area contributed by atoms with Crippen LogP contribution in [0.3, 0.4) is 0 Å². The summed E-state index contributed by atoms with van der Waals surface area (Å²) in [7, 11) is 1.70. The number of aromatic amines is 1. The van der Waals surface area contributed by atoms with Crippen molar-refractivity contribution in [1.29, 1.82) is 0 Å². The largest absolute Gasteiger partial charge is 0.391 e. The molecule has 4 aromatic carbocycles. The van der Waals surface area contributed by atoms with E-state index in [9.17, 15) is 19.5 Å². The lowest BCUT2D eigenvalue weighted by molar-refractivity contribution is -0.146. The van der Waals surface area contributed by atoms with Gasteiger partial charge in [0.25, 0.3) is 0 Å². The molecule has 0 radical (unpaired) electrons. The number of aromatic nitrogens is 1. The van der Waals surface area contributed by atoms with Gasteiger partial charge in [0.2, 0.25) is 17.7 Å². The Labute approximate surface area is 321 Å². The number of para-hydroxylation sites is 1. The summed E-state index contributed by atoms with van der Waals surface area (Å²) in [4.78, 5) is 54.1. The first-order chi connectivity index (χ1) is 26.2. The summed E-state index contributed by atoms with van der Waals surface area (Å²) in [5, 5.41) is 15.5. The van der Waals surface area contributed by atoms with Crippen molar-refractivity contribution in [2.24, 2.45) is 0 Å². The van der Waals surface area contributed by atoms with Gasteiger partial charge in [-0.15, -0.1) is 0 Å². The van der Waals surface area contributed by atoms with Gasteiger partial charge in [0.15, 0.2) is 0 Å². The zero-order valence-corrected chi connectivity index (χ0v) is 31.2. The summed E-state index contributed by atoms with van der Waals surface area (Å²) in [6, 6.07) is 33.1. The number of carbonyl (C=O) groups is 3. The number of likely N-dealkylation sites (N-methyl/N-ethyl adjacent to an activating group) is 1. The number of β-amino-alcohol motifs (C(OH)–C–C–N with tert-alkyl or cyclic N) is 1. The molecule has 0 bridgehead atoms. The van der Waals surface area contributed by atoms with Gasteiger partial charge < -0.3 is 25.2 Å². The molecular formula is C43H47ClN6O4. The molecule has 10 nitrogen and oxygen atoms in total. The monoisotopic (exact) mass is 746 g/mol. The number of fused-ring (bicyclic) bond motifs is 1. The first-order valence-corrected chi connectivity index (χ1v) is 19.0. The van der Waals surface area contributed by atoms with E-state index in [1.807, 2.05) is 85.1 Å². The number of hydrogen-bond donors (Lipinski definition) is 3. The lowest BCUT2D eigenvalue weighted by Gasteiger charge is -2.42. The number of carbonyl (C=O) groups excluding carboxylic acids is 3. The van der Waals surface area contributed by atoms with Crippen molar-refractivity contribution >= 4 is 40.2 Å². The number of aliphatic hydroxyl groups excluding tert-OH is 1. The van der Waals surface area contributed by atoms with E-state index in [0.29, 0.717) is 31.2 Å². The van der Waals surface area contributed by atoms with Crippen molar-refractivity contribution < 1.29 is 19.5 Å². The van der Waals surface area contributed by atoms with Crippen LogP contribution in [0.4, 0.5) is 0 Å². The van der Waals surface area contributed by atoms with Crippen LogP contribution in [0, 0.1) is 0 Å². The maximum Gasteiger partial charge on any atom is 0.245 e. The minimum atomic E-state index is -0.942. The Hall–Kier alpha value is -5.00. The van der Waals surface area contributed by atoms with Gasteiger partial charge in [-0.2, -0.15) is 0 Å². The molecule has 1 aromatic heterocycles. The number of hydrogen-bond acceptors (Lipinski definition) is 6. The molecule has 280 valence electrons. The summed E-state index contributed by atoms with van der Waals surface area (Å²) < 4.78 is 0. The number of nitrogens with zero attached hydrogens (tertiary/aromatic N) is 4. The Balaban J connectivity index is 1.13. The van der Waals surface area contributed by atoms with E-state index in [0.717, 1.165) is 34.1 Å². The quantitative estimate of drug-likeness (QED) is 0.168. The number of piperazine rings is 1. The van der Waals surface area contributed by atoms with E-state index < -0.39 is 30.1 Å². The molecule has 11 heteroatoms. The molecule has 3 heterocycles. The molecule has 0 spiro atoms. The fraction of sp³-hybridized carbons (Fsp3) is 0.326. The molecule has 3 N–H and O–H groups in total. The molecule has 7 rings (SSSR count). The van der Waals surface area contributed by atoms with E-state index in [4.69, 9.17) is 11.6 Å². The second kappa shape index (κ2) is 17.0. The Morgan fingerprint density at radius 3 is 2.24 bits per heavy atom. The molecule has 5 aromatic rings. The van der Waals surface area contributed by atoms with Crippen molar-refractivity contribution in [3.8, 4) is 0 Å². The second-order valence-electron chi connectivity index (χ2n) is 14.5. The van der Waals surface area contributed by atoms with E-state index in [1.165, 1.54) is 10.5 Å². The first kappa shape index (κ1) is 37.3. The zero-order valence-electron chi connectivity index (χ0n) is 30.5. The van der Waals surface area contributed by atoms with Crippen LogP contribution in [0.2, 0.25) is 5.02 Å². The van der Waals surface area contributed by atoms with Crippen molar-refractivity contribution in [1.82, 2.24) is 29.9 Å². The molecule has 2 saturated heterocycles. The van der Waals surface area contributed by atoms with Gasteiger partial charge in [-0.05, 0) is 34.4 Å². The fourth-order valence-electron chi connectivity index (χ4n) is 7.82. The highest BCUT2D eigenvalue weighted by Gasteiger charge is 2.44. The molecule has 4 unspecified atom stereocenters. The Morgan fingerprint density at radius 2 is 1.50 bits per heavy atom. The molecule has 3 amide bonds. The molecule has 54 heavy (non-hydrogen) atoms. The van der Waals surface area contributed by atoms with Gasteiger partial charge in [0, 0.05) is 87.8 Å². The molecular weight excluding hydrogens is 700 g/mol. The number of nitrogens with one attached hydrogen (secondary N) is 2. The predicted molar refractivity (Wildman–Crippen MR) is 210 cm³/mol. The van der Waals surface area contributed by atoms with Crippen molar-refractivity contribution in [3.63, 3.8) is 0 Å². The Morgan fingerprint density at radius 1 is 0.833 bits per heavy atom. The number of aliphatic hydroxyl groups is 1. The molecule has 0 saturated carbocycles. The van der Waals surface area contributed by atoms with Gasteiger partial charge in [-0.3, -0.25) is 24.2 Å². The lowest BCUT2D eigenvalue weighted by atomic mass is 10.0. The van der Waals surface area contributed by atoms with Crippen LogP contribution >= 0.6 is 11.6 Å². The standard InChI is InChI=1S/C43H47ClN6O4/c1-47(27-32-16-8-10-18-36(32)44)42(53)38(22-33-24-45-37-19-11-9-17-35(33)37)46-41(52)39-23-34(51)28-50(39)43(54)40-29-48(25-30-12-4-2-5-13-30)20-21-49(40)26-31-14-6-3-7-15-31/h2-19,24,34,38-40,45,51H,20-23,25-29H2,1H3,(H,46,52). The minimum absolute atomic E-state index is 0.0404.